The van der Waals surface area contributed by atoms with Gasteiger partial charge >= 0.3 is 0 Å². The fourth-order valence-electron chi connectivity index (χ4n) is 3.73. The van der Waals surface area contributed by atoms with Gasteiger partial charge in [0, 0.05) is 0 Å². The first-order valence-corrected chi connectivity index (χ1v) is 11.7. The van der Waals surface area contributed by atoms with Crippen molar-refractivity contribution in [2.24, 2.45) is 0 Å². The van der Waals surface area contributed by atoms with E-state index in [-0.39, 0.29) is 0 Å². The van der Waals surface area contributed by atoms with Gasteiger partial charge in [0.1, 0.15) is 0 Å². The predicted molar refractivity (Wildman–Crippen MR) is 119 cm³/mol. The highest BCUT2D eigenvalue weighted by Crippen LogP contribution is 2.18. The van der Waals surface area contributed by atoms with Gasteiger partial charge in [-0.05, 0) is 42.1 Å². The van der Waals surface area contributed by atoms with Gasteiger partial charge in [0.15, 0.2) is 0 Å². The Bertz CT molecular complexity index is 424. The molecule has 0 nitrogen and oxygen atoms in total. The molecule has 1 aromatic rings. The van der Waals surface area contributed by atoms with E-state index in [9.17, 15) is 0 Å². The smallest absolute Gasteiger partial charge is 0.0268 e. The van der Waals surface area contributed by atoms with Crippen molar-refractivity contribution >= 4 is 14.5 Å². The SMILES string of the molecule is CCCCCCCCCc1cccc(P)c1CCCCCCCCC. The van der Waals surface area contributed by atoms with Crippen molar-refractivity contribution in [2.75, 3.05) is 0 Å². The summed E-state index contributed by atoms with van der Waals surface area (Å²) in [5.41, 5.74) is 3.25. The van der Waals surface area contributed by atoms with E-state index < -0.39 is 0 Å². The van der Waals surface area contributed by atoms with E-state index in [0.29, 0.717) is 0 Å². The van der Waals surface area contributed by atoms with Gasteiger partial charge in [-0.2, -0.15) is 0 Å². The highest BCUT2D eigenvalue weighted by Gasteiger charge is 2.06. The molecule has 25 heavy (non-hydrogen) atoms. The zero-order chi connectivity index (χ0) is 18.2. The van der Waals surface area contributed by atoms with Crippen molar-refractivity contribution in [3.05, 3.63) is 29.3 Å². The molecule has 0 aliphatic carbocycles. The first-order valence-electron chi connectivity index (χ1n) is 11.2. The number of hydrogen-bond acceptors (Lipinski definition) is 0. The lowest BCUT2D eigenvalue weighted by Gasteiger charge is -2.13. The molecule has 0 aromatic heterocycles. The molecule has 0 aliphatic rings. The van der Waals surface area contributed by atoms with Crippen LogP contribution in [0.2, 0.25) is 0 Å². The molecule has 1 rings (SSSR count). The second-order valence-corrected chi connectivity index (χ2v) is 8.35. The van der Waals surface area contributed by atoms with Gasteiger partial charge in [0.25, 0.3) is 0 Å². The molecule has 0 aliphatic heterocycles. The molecular formula is C24H43P. The molecule has 0 spiro atoms. The summed E-state index contributed by atoms with van der Waals surface area (Å²) in [6.45, 7) is 4.59. The molecule has 0 saturated carbocycles. The minimum atomic E-state index is 1.28. The number of benzene rings is 1. The van der Waals surface area contributed by atoms with Gasteiger partial charge in [0.2, 0.25) is 0 Å². The van der Waals surface area contributed by atoms with Crippen LogP contribution >= 0.6 is 9.24 Å². The molecule has 0 saturated heterocycles. The van der Waals surface area contributed by atoms with Crippen molar-refractivity contribution in [1.29, 1.82) is 0 Å². The first kappa shape index (κ1) is 22.7. The normalized spacial score (nSPS) is 11.2. The van der Waals surface area contributed by atoms with Crippen molar-refractivity contribution < 1.29 is 0 Å². The Hall–Kier alpha value is -0.350. The average molecular weight is 363 g/mol. The van der Waals surface area contributed by atoms with Gasteiger partial charge in [-0.3, -0.25) is 0 Å². The minimum absolute atomic E-state index is 1.28. The van der Waals surface area contributed by atoms with E-state index in [2.05, 4.69) is 41.3 Å². The fourth-order valence-corrected chi connectivity index (χ4v) is 4.17. The van der Waals surface area contributed by atoms with Crippen molar-refractivity contribution in [1.82, 2.24) is 0 Å². The lowest BCUT2D eigenvalue weighted by molar-refractivity contribution is 0.583. The highest BCUT2D eigenvalue weighted by atomic mass is 31.0. The molecule has 1 heteroatoms. The Morgan fingerprint density at radius 2 is 1.08 bits per heavy atom. The molecule has 0 amide bonds. The summed E-state index contributed by atoms with van der Waals surface area (Å²) in [4.78, 5) is 0. The Labute approximate surface area is 160 Å². The standard InChI is InChI=1S/C24H43P/c1-3-5-7-9-11-13-15-18-22-19-17-21-24(25)23(22)20-16-14-12-10-8-6-4-2/h17,19,21H,3-16,18,20,25H2,1-2H3. The fraction of sp³-hybridized carbons (Fsp3) is 0.750. The monoisotopic (exact) mass is 362 g/mol. The lowest BCUT2D eigenvalue weighted by atomic mass is 9.96. The molecular weight excluding hydrogens is 319 g/mol. The zero-order valence-corrected chi connectivity index (χ0v) is 18.3. The van der Waals surface area contributed by atoms with E-state index >= 15 is 0 Å². The second kappa shape index (κ2) is 15.9. The first-order chi connectivity index (χ1) is 12.3. The van der Waals surface area contributed by atoms with Crippen LogP contribution in [0, 0.1) is 0 Å². The Balaban J connectivity index is 2.26. The molecule has 0 bridgehead atoms. The Morgan fingerprint density at radius 3 is 1.64 bits per heavy atom. The summed E-state index contributed by atoms with van der Waals surface area (Å²) in [6.07, 6.45) is 22.2. The van der Waals surface area contributed by atoms with Crippen molar-refractivity contribution in [3.8, 4) is 0 Å². The Morgan fingerprint density at radius 1 is 0.600 bits per heavy atom. The third kappa shape index (κ3) is 11.1. The van der Waals surface area contributed by atoms with Crippen LogP contribution < -0.4 is 5.30 Å². The second-order valence-electron chi connectivity index (χ2n) is 7.73. The van der Waals surface area contributed by atoms with Gasteiger partial charge in [-0.15, -0.1) is 9.24 Å². The number of unbranched alkanes of at least 4 members (excludes halogenated alkanes) is 12. The summed E-state index contributed by atoms with van der Waals surface area (Å²) in [5, 5.41) is 1.44. The van der Waals surface area contributed by atoms with Crippen LogP contribution in [-0.4, -0.2) is 0 Å². The van der Waals surface area contributed by atoms with E-state index in [0.717, 1.165) is 0 Å². The summed E-state index contributed by atoms with van der Waals surface area (Å²) in [5.74, 6) is 0. The van der Waals surface area contributed by atoms with Gasteiger partial charge in [-0.1, -0.05) is 109 Å². The summed E-state index contributed by atoms with van der Waals surface area (Å²) >= 11 is 0. The lowest BCUT2D eigenvalue weighted by Crippen LogP contribution is -2.07. The van der Waals surface area contributed by atoms with Crippen LogP contribution in [-0.2, 0) is 12.8 Å². The molecule has 1 unspecified atom stereocenters. The number of aryl methyl sites for hydroxylation is 1. The third-order valence-electron chi connectivity index (χ3n) is 5.39. The largest absolute Gasteiger partial charge is 0.105 e. The van der Waals surface area contributed by atoms with E-state index in [1.807, 2.05) is 0 Å². The molecule has 0 radical (unpaired) electrons. The van der Waals surface area contributed by atoms with Crippen molar-refractivity contribution in [2.45, 2.75) is 117 Å². The summed E-state index contributed by atoms with van der Waals surface area (Å²) in [6, 6.07) is 6.89. The topological polar surface area (TPSA) is 0 Å². The van der Waals surface area contributed by atoms with Crippen LogP contribution in [0.4, 0.5) is 0 Å². The quantitative estimate of drug-likeness (QED) is 0.208. The Kier molecular flexibility index (Phi) is 14.4. The highest BCUT2D eigenvalue weighted by molar-refractivity contribution is 7.27. The minimum Gasteiger partial charge on any atom is -0.105 e. The maximum Gasteiger partial charge on any atom is -0.0268 e. The average Bonchev–Trinajstić information content (AvgIpc) is 2.62. The van der Waals surface area contributed by atoms with Gasteiger partial charge in [0.05, 0.1) is 0 Å². The molecule has 0 fully saturated rings. The number of hydrogen-bond donors (Lipinski definition) is 0. The van der Waals surface area contributed by atoms with Crippen molar-refractivity contribution in [3.63, 3.8) is 0 Å². The van der Waals surface area contributed by atoms with Gasteiger partial charge < -0.3 is 0 Å². The maximum absolute atomic E-state index is 2.97. The summed E-state index contributed by atoms with van der Waals surface area (Å²) < 4.78 is 0. The molecule has 1 aromatic carbocycles. The molecule has 0 N–H and O–H groups in total. The van der Waals surface area contributed by atoms with Crippen LogP contribution in [0.1, 0.15) is 115 Å². The van der Waals surface area contributed by atoms with E-state index in [4.69, 9.17) is 0 Å². The third-order valence-corrected chi connectivity index (χ3v) is 5.93. The number of rotatable bonds is 16. The zero-order valence-electron chi connectivity index (χ0n) is 17.1. The predicted octanol–water partition coefficient (Wildman–Crippen LogP) is 7.77. The van der Waals surface area contributed by atoms with E-state index in [1.54, 1.807) is 11.1 Å². The van der Waals surface area contributed by atoms with Crippen LogP contribution in [0.3, 0.4) is 0 Å². The molecule has 0 heterocycles. The van der Waals surface area contributed by atoms with Crippen LogP contribution in [0.15, 0.2) is 18.2 Å². The van der Waals surface area contributed by atoms with Crippen LogP contribution in [0.25, 0.3) is 0 Å². The van der Waals surface area contributed by atoms with E-state index in [1.165, 1.54) is 108 Å². The molecule has 1 atom stereocenters. The molecule has 144 valence electrons. The summed E-state index contributed by atoms with van der Waals surface area (Å²) in [7, 11) is 2.97. The van der Waals surface area contributed by atoms with Crippen LogP contribution in [0.5, 0.6) is 0 Å². The van der Waals surface area contributed by atoms with Gasteiger partial charge in [-0.25, -0.2) is 0 Å². The maximum atomic E-state index is 2.97.